The van der Waals surface area contributed by atoms with E-state index in [1.807, 2.05) is 6.92 Å². The molecule has 0 aliphatic carbocycles. The van der Waals surface area contributed by atoms with Crippen molar-refractivity contribution < 1.29 is 9.84 Å². The van der Waals surface area contributed by atoms with E-state index in [9.17, 15) is 0 Å². The number of methoxy groups -OCH3 is 1. The molecule has 6 nitrogen and oxygen atoms in total. The first-order chi connectivity index (χ1) is 10.1. The molecule has 0 saturated carbocycles. The predicted octanol–water partition coefficient (Wildman–Crippen LogP) is 2.59. The molecule has 1 aromatic carbocycles. The molecule has 0 spiro atoms. The second-order valence-electron chi connectivity index (χ2n) is 4.34. The minimum absolute atomic E-state index is 0.0157. The predicted molar refractivity (Wildman–Crippen MR) is 83.6 cm³/mol. The number of aliphatic hydroxyl groups is 1. The van der Waals surface area contributed by atoms with Crippen LogP contribution in [0.1, 0.15) is 5.69 Å². The Kier molecular flexibility index (Phi) is 5.19. The van der Waals surface area contributed by atoms with Crippen molar-refractivity contribution in [3.8, 4) is 5.75 Å². The van der Waals surface area contributed by atoms with Crippen LogP contribution in [0.15, 0.2) is 24.3 Å². The molecule has 0 aliphatic heterocycles. The van der Waals surface area contributed by atoms with Crippen molar-refractivity contribution in [2.24, 2.45) is 0 Å². The number of hydrogen-bond acceptors (Lipinski definition) is 6. The number of anilines is 3. The monoisotopic (exact) mass is 308 g/mol. The Hall–Kier alpha value is -2.05. The van der Waals surface area contributed by atoms with E-state index in [-0.39, 0.29) is 6.61 Å². The number of rotatable bonds is 6. The van der Waals surface area contributed by atoms with Gasteiger partial charge in [0, 0.05) is 24.4 Å². The lowest BCUT2D eigenvalue weighted by atomic mass is 10.3. The van der Waals surface area contributed by atoms with Gasteiger partial charge in [-0.1, -0.05) is 11.6 Å². The van der Waals surface area contributed by atoms with E-state index in [1.165, 1.54) is 0 Å². The number of aromatic nitrogens is 2. The number of nitrogens with one attached hydrogen (secondary N) is 2. The zero-order chi connectivity index (χ0) is 15.2. The van der Waals surface area contributed by atoms with Crippen LogP contribution >= 0.6 is 11.6 Å². The van der Waals surface area contributed by atoms with Crippen LogP contribution in [-0.2, 0) is 0 Å². The zero-order valence-electron chi connectivity index (χ0n) is 11.9. The molecule has 2 rings (SSSR count). The van der Waals surface area contributed by atoms with Gasteiger partial charge in [0.2, 0.25) is 5.95 Å². The average Bonchev–Trinajstić information content (AvgIpc) is 2.47. The molecule has 1 heterocycles. The van der Waals surface area contributed by atoms with Gasteiger partial charge in [-0.05, 0) is 19.1 Å². The first kappa shape index (κ1) is 15.3. The van der Waals surface area contributed by atoms with E-state index in [4.69, 9.17) is 21.4 Å². The number of aryl methyl sites for hydroxylation is 1. The van der Waals surface area contributed by atoms with Gasteiger partial charge in [-0.2, -0.15) is 4.98 Å². The van der Waals surface area contributed by atoms with Crippen molar-refractivity contribution in [1.82, 2.24) is 9.97 Å². The highest BCUT2D eigenvalue weighted by atomic mass is 35.5. The van der Waals surface area contributed by atoms with Crippen molar-refractivity contribution in [3.05, 3.63) is 35.0 Å². The van der Waals surface area contributed by atoms with Crippen LogP contribution in [0.3, 0.4) is 0 Å². The Morgan fingerprint density at radius 2 is 2.10 bits per heavy atom. The third-order valence-electron chi connectivity index (χ3n) is 2.69. The summed E-state index contributed by atoms with van der Waals surface area (Å²) in [6.07, 6.45) is 0. The molecule has 21 heavy (non-hydrogen) atoms. The quantitative estimate of drug-likeness (QED) is 0.761. The molecule has 0 amide bonds. The van der Waals surface area contributed by atoms with E-state index in [1.54, 1.807) is 31.4 Å². The lowest BCUT2D eigenvalue weighted by molar-refractivity contribution is 0.311. The van der Waals surface area contributed by atoms with Gasteiger partial charge >= 0.3 is 0 Å². The topological polar surface area (TPSA) is 79.3 Å². The summed E-state index contributed by atoms with van der Waals surface area (Å²) in [5.74, 6) is 1.76. The molecule has 0 fully saturated rings. The standard InChI is InChI=1S/C14H17ClN4O2/c1-9-7-13(19-14(17-9)16-5-6-20)18-12-8-10(21-2)3-4-11(12)15/h3-4,7-8,20H,5-6H2,1-2H3,(H2,16,17,18,19). The molecular formula is C14H17ClN4O2. The highest BCUT2D eigenvalue weighted by Gasteiger charge is 2.06. The lowest BCUT2D eigenvalue weighted by Gasteiger charge is -2.11. The molecule has 0 unspecified atom stereocenters. The number of halogens is 1. The first-order valence-electron chi connectivity index (χ1n) is 6.43. The van der Waals surface area contributed by atoms with Gasteiger partial charge in [0.1, 0.15) is 11.6 Å². The van der Waals surface area contributed by atoms with E-state index < -0.39 is 0 Å². The fourth-order valence-electron chi connectivity index (χ4n) is 1.74. The molecule has 0 radical (unpaired) electrons. The third-order valence-corrected chi connectivity index (χ3v) is 3.01. The molecule has 0 aliphatic rings. The van der Waals surface area contributed by atoms with Crippen LogP contribution < -0.4 is 15.4 Å². The Balaban J connectivity index is 2.24. The highest BCUT2D eigenvalue weighted by molar-refractivity contribution is 6.33. The largest absolute Gasteiger partial charge is 0.497 e. The maximum Gasteiger partial charge on any atom is 0.224 e. The van der Waals surface area contributed by atoms with Crippen molar-refractivity contribution in [2.75, 3.05) is 30.9 Å². The summed E-state index contributed by atoms with van der Waals surface area (Å²) in [7, 11) is 1.60. The van der Waals surface area contributed by atoms with Crippen LogP contribution in [0.4, 0.5) is 17.5 Å². The fraction of sp³-hybridized carbons (Fsp3) is 0.286. The summed E-state index contributed by atoms with van der Waals surface area (Å²) in [5.41, 5.74) is 1.49. The van der Waals surface area contributed by atoms with Gasteiger partial charge in [0.25, 0.3) is 0 Å². The number of aliphatic hydroxyl groups excluding tert-OH is 1. The Bertz CT molecular complexity index is 622. The summed E-state index contributed by atoms with van der Waals surface area (Å²) in [4.78, 5) is 8.56. The average molecular weight is 309 g/mol. The van der Waals surface area contributed by atoms with E-state index in [2.05, 4.69) is 20.6 Å². The normalized spacial score (nSPS) is 10.3. The van der Waals surface area contributed by atoms with E-state index >= 15 is 0 Å². The second kappa shape index (κ2) is 7.10. The van der Waals surface area contributed by atoms with Gasteiger partial charge in [-0.3, -0.25) is 0 Å². The van der Waals surface area contributed by atoms with Crippen molar-refractivity contribution in [1.29, 1.82) is 0 Å². The molecule has 1 aromatic heterocycles. The van der Waals surface area contributed by atoms with Gasteiger partial charge < -0.3 is 20.5 Å². The van der Waals surface area contributed by atoms with Gasteiger partial charge in [-0.15, -0.1) is 0 Å². The van der Waals surface area contributed by atoms with Crippen LogP contribution in [-0.4, -0.2) is 35.3 Å². The van der Waals surface area contributed by atoms with Crippen LogP contribution in [0.25, 0.3) is 0 Å². The molecule has 0 bridgehead atoms. The van der Waals surface area contributed by atoms with E-state index in [0.717, 1.165) is 5.69 Å². The number of hydrogen-bond donors (Lipinski definition) is 3. The summed E-state index contributed by atoms with van der Waals surface area (Å²) in [6.45, 7) is 2.27. The van der Waals surface area contributed by atoms with Crippen LogP contribution in [0.5, 0.6) is 5.75 Å². The highest BCUT2D eigenvalue weighted by Crippen LogP contribution is 2.29. The van der Waals surface area contributed by atoms with Crippen molar-refractivity contribution in [3.63, 3.8) is 0 Å². The number of nitrogens with zero attached hydrogens (tertiary/aromatic N) is 2. The third kappa shape index (κ3) is 4.21. The summed E-state index contributed by atoms with van der Waals surface area (Å²) in [6, 6.07) is 7.13. The number of benzene rings is 1. The molecule has 3 N–H and O–H groups in total. The van der Waals surface area contributed by atoms with Gasteiger partial charge in [-0.25, -0.2) is 4.98 Å². The molecule has 2 aromatic rings. The molecular weight excluding hydrogens is 292 g/mol. The summed E-state index contributed by atoms with van der Waals surface area (Å²) >= 11 is 6.16. The second-order valence-corrected chi connectivity index (χ2v) is 4.75. The Labute approximate surface area is 128 Å². The van der Waals surface area contributed by atoms with Crippen LogP contribution in [0.2, 0.25) is 5.02 Å². The minimum Gasteiger partial charge on any atom is -0.497 e. The maximum atomic E-state index is 8.83. The summed E-state index contributed by atoms with van der Waals surface area (Å²) < 4.78 is 5.18. The molecule has 0 atom stereocenters. The van der Waals surface area contributed by atoms with Gasteiger partial charge in [0.05, 0.1) is 24.4 Å². The summed E-state index contributed by atoms with van der Waals surface area (Å²) in [5, 5.41) is 15.5. The van der Waals surface area contributed by atoms with Crippen molar-refractivity contribution in [2.45, 2.75) is 6.92 Å². The maximum absolute atomic E-state index is 8.83. The van der Waals surface area contributed by atoms with E-state index in [0.29, 0.717) is 34.8 Å². The first-order valence-corrected chi connectivity index (χ1v) is 6.81. The minimum atomic E-state index is 0.0157. The molecule has 112 valence electrons. The number of ether oxygens (including phenoxy) is 1. The smallest absolute Gasteiger partial charge is 0.224 e. The van der Waals surface area contributed by atoms with Gasteiger partial charge in [0.15, 0.2) is 0 Å². The van der Waals surface area contributed by atoms with Crippen LogP contribution in [0, 0.1) is 6.92 Å². The lowest BCUT2D eigenvalue weighted by Crippen LogP contribution is -2.10. The fourth-order valence-corrected chi connectivity index (χ4v) is 1.91. The molecule has 7 heteroatoms. The van der Waals surface area contributed by atoms with Crippen molar-refractivity contribution >= 4 is 29.1 Å². The SMILES string of the molecule is COc1ccc(Cl)c(Nc2cc(C)nc(NCCO)n2)c1. The Morgan fingerprint density at radius 3 is 2.81 bits per heavy atom. The zero-order valence-corrected chi connectivity index (χ0v) is 12.6. The molecule has 0 saturated heterocycles. The Morgan fingerprint density at radius 1 is 1.29 bits per heavy atom.